The molecule has 0 aliphatic carbocycles. The summed E-state index contributed by atoms with van der Waals surface area (Å²) in [6, 6.07) is 21.5. The van der Waals surface area contributed by atoms with Gasteiger partial charge in [-0.25, -0.2) is 0 Å². The summed E-state index contributed by atoms with van der Waals surface area (Å²) in [6.07, 6.45) is 1.86. The Morgan fingerprint density at radius 1 is 1.03 bits per heavy atom. The summed E-state index contributed by atoms with van der Waals surface area (Å²) in [5.41, 5.74) is 4.51. The Bertz CT molecular complexity index is 1320. The number of fused-ring (bicyclic) bond motifs is 1. The molecule has 0 radical (unpaired) electrons. The molecule has 1 aliphatic rings. The monoisotopic (exact) mass is 489 g/mol. The first kappa shape index (κ1) is 23.4. The quantitative estimate of drug-likeness (QED) is 0.380. The number of rotatable bonds is 8. The molecule has 2 N–H and O–H groups in total. The van der Waals surface area contributed by atoms with Gasteiger partial charge in [0.25, 0.3) is 5.91 Å². The number of carbonyl (C=O) groups is 1. The third-order valence-electron chi connectivity index (χ3n) is 6.13. The predicted molar refractivity (Wildman–Crippen MR) is 140 cm³/mol. The maximum atomic E-state index is 12.7. The zero-order valence-electron chi connectivity index (χ0n) is 19.4. The summed E-state index contributed by atoms with van der Waals surface area (Å²) in [6.45, 7) is 5.39. The Hall–Kier alpha value is -3.39. The number of morpholine rings is 1. The maximum Gasteiger partial charge on any atom is 0.251 e. The molecule has 0 saturated carbocycles. The number of amides is 1. The van der Waals surface area contributed by atoms with E-state index in [0.717, 1.165) is 60.7 Å². The normalized spacial score (nSPS) is 14.2. The van der Waals surface area contributed by atoms with Crippen LogP contribution >= 0.6 is 11.6 Å². The average molecular weight is 490 g/mol. The molecule has 35 heavy (non-hydrogen) atoms. The van der Waals surface area contributed by atoms with Gasteiger partial charge in [-0.3, -0.25) is 14.4 Å². The number of anilines is 2. The number of carbonyl (C=O) groups excluding carboxylic acids is 1. The van der Waals surface area contributed by atoms with Crippen molar-refractivity contribution in [3.63, 3.8) is 0 Å². The Labute approximate surface area is 209 Å². The number of hydrogen-bond acceptors (Lipinski definition) is 5. The van der Waals surface area contributed by atoms with Crippen molar-refractivity contribution in [2.24, 2.45) is 0 Å². The molecule has 4 aromatic rings. The van der Waals surface area contributed by atoms with E-state index in [1.54, 1.807) is 0 Å². The van der Waals surface area contributed by atoms with E-state index in [0.29, 0.717) is 23.7 Å². The molecule has 3 aromatic carbocycles. The minimum atomic E-state index is -0.0549. The van der Waals surface area contributed by atoms with Crippen molar-refractivity contribution in [2.45, 2.75) is 6.54 Å². The number of para-hydroxylation sites is 1. The van der Waals surface area contributed by atoms with Gasteiger partial charge in [-0.05, 0) is 48.0 Å². The summed E-state index contributed by atoms with van der Waals surface area (Å²) >= 11 is 6.27. The van der Waals surface area contributed by atoms with Gasteiger partial charge in [-0.1, -0.05) is 35.9 Å². The number of nitrogens with one attached hydrogen (secondary N) is 2. The first-order valence-corrected chi connectivity index (χ1v) is 12.2. The summed E-state index contributed by atoms with van der Waals surface area (Å²) in [5, 5.41) is 12.7. The zero-order chi connectivity index (χ0) is 24.0. The van der Waals surface area contributed by atoms with Gasteiger partial charge in [0.05, 0.1) is 42.2 Å². The van der Waals surface area contributed by atoms with Crippen LogP contribution in [0.4, 0.5) is 11.4 Å². The van der Waals surface area contributed by atoms with Crippen molar-refractivity contribution < 1.29 is 9.53 Å². The second kappa shape index (κ2) is 10.9. The van der Waals surface area contributed by atoms with E-state index >= 15 is 0 Å². The van der Waals surface area contributed by atoms with Gasteiger partial charge in [0, 0.05) is 42.8 Å². The van der Waals surface area contributed by atoms with E-state index in [1.807, 2.05) is 71.5 Å². The minimum absolute atomic E-state index is 0.0549. The molecule has 2 heterocycles. The maximum absolute atomic E-state index is 12.7. The fourth-order valence-corrected chi connectivity index (χ4v) is 4.43. The van der Waals surface area contributed by atoms with Gasteiger partial charge in [-0.15, -0.1) is 0 Å². The molecule has 1 aromatic heterocycles. The van der Waals surface area contributed by atoms with Crippen LogP contribution in [0.25, 0.3) is 10.9 Å². The van der Waals surface area contributed by atoms with Gasteiger partial charge in [0.2, 0.25) is 0 Å². The molecule has 180 valence electrons. The van der Waals surface area contributed by atoms with Crippen LogP contribution in [-0.2, 0) is 11.3 Å². The largest absolute Gasteiger partial charge is 0.379 e. The van der Waals surface area contributed by atoms with Gasteiger partial charge in [-0.2, -0.15) is 5.10 Å². The Morgan fingerprint density at radius 3 is 2.74 bits per heavy atom. The van der Waals surface area contributed by atoms with Crippen LogP contribution in [0.15, 0.2) is 72.9 Å². The van der Waals surface area contributed by atoms with E-state index < -0.39 is 0 Å². The number of ether oxygens (including phenoxy) is 1. The molecule has 7 nitrogen and oxygen atoms in total. The highest BCUT2D eigenvalue weighted by Gasteiger charge is 2.12. The number of aromatic nitrogens is 2. The van der Waals surface area contributed by atoms with Crippen molar-refractivity contribution in [3.8, 4) is 0 Å². The van der Waals surface area contributed by atoms with E-state index in [4.69, 9.17) is 16.3 Å². The lowest BCUT2D eigenvalue weighted by Gasteiger charge is -2.26. The van der Waals surface area contributed by atoms with E-state index in [-0.39, 0.29) is 5.91 Å². The molecule has 1 amide bonds. The van der Waals surface area contributed by atoms with E-state index in [9.17, 15) is 4.79 Å². The zero-order valence-corrected chi connectivity index (χ0v) is 20.2. The molecular weight excluding hydrogens is 462 g/mol. The van der Waals surface area contributed by atoms with Crippen molar-refractivity contribution in [2.75, 3.05) is 44.7 Å². The van der Waals surface area contributed by atoms with Crippen LogP contribution < -0.4 is 10.6 Å². The first-order valence-electron chi connectivity index (χ1n) is 11.8. The number of halogens is 1. The predicted octanol–water partition coefficient (Wildman–Crippen LogP) is 4.54. The van der Waals surface area contributed by atoms with Crippen LogP contribution in [0.5, 0.6) is 0 Å². The molecule has 0 unspecified atom stereocenters. The lowest BCUT2D eigenvalue weighted by molar-refractivity contribution is 0.0383. The van der Waals surface area contributed by atoms with Gasteiger partial charge >= 0.3 is 0 Å². The summed E-state index contributed by atoms with van der Waals surface area (Å²) in [5.74, 6) is -0.0549. The van der Waals surface area contributed by atoms with Crippen LogP contribution in [0.3, 0.4) is 0 Å². The highest BCUT2D eigenvalue weighted by molar-refractivity contribution is 6.33. The fraction of sp³-hybridized carbons (Fsp3) is 0.259. The number of nitrogens with zero attached hydrogens (tertiary/aromatic N) is 3. The second-order valence-electron chi connectivity index (χ2n) is 8.59. The molecule has 1 aliphatic heterocycles. The Morgan fingerprint density at radius 2 is 1.89 bits per heavy atom. The molecule has 5 rings (SSSR count). The smallest absolute Gasteiger partial charge is 0.251 e. The van der Waals surface area contributed by atoms with Crippen molar-refractivity contribution >= 4 is 39.8 Å². The number of benzene rings is 3. The molecule has 8 heteroatoms. The van der Waals surface area contributed by atoms with Crippen LogP contribution in [0, 0.1) is 0 Å². The third-order valence-corrected chi connectivity index (χ3v) is 6.46. The topological polar surface area (TPSA) is 71.4 Å². The molecular formula is C27H28ClN5O2. The molecule has 0 bridgehead atoms. The van der Waals surface area contributed by atoms with Gasteiger partial charge in [0.15, 0.2) is 0 Å². The van der Waals surface area contributed by atoms with Gasteiger partial charge < -0.3 is 15.4 Å². The van der Waals surface area contributed by atoms with E-state index in [2.05, 4.69) is 26.7 Å². The Balaban J connectivity index is 1.23. The Kier molecular flexibility index (Phi) is 7.28. The van der Waals surface area contributed by atoms with Crippen LogP contribution in [-0.4, -0.2) is 60.0 Å². The molecule has 1 saturated heterocycles. The summed E-state index contributed by atoms with van der Waals surface area (Å²) in [7, 11) is 0. The molecule has 1 fully saturated rings. The minimum Gasteiger partial charge on any atom is -0.379 e. The second-order valence-corrected chi connectivity index (χ2v) is 9.00. The highest BCUT2D eigenvalue weighted by atomic mass is 35.5. The third kappa shape index (κ3) is 5.82. The van der Waals surface area contributed by atoms with Gasteiger partial charge in [0.1, 0.15) is 0 Å². The van der Waals surface area contributed by atoms with Crippen molar-refractivity contribution in [1.29, 1.82) is 0 Å². The lowest BCUT2D eigenvalue weighted by Crippen LogP contribution is -2.41. The lowest BCUT2D eigenvalue weighted by atomic mass is 10.1. The average Bonchev–Trinajstić information content (AvgIpc) is 3.28. The fourth-order valence-electron chi connectivity index (χ4n) is 4.25. The van der Waals surface area contributed by atoms with Crippen molar-refractivity contribution in [1.82, 2.24) is 20.0 Å². The van der Waals surface area contributed by atoms with Crippen molar-refractivity contribution in [3.05, 3.63) is 89.1 Å². The summed E-state index contributed by atoms with van der Waals surface area (Å²) in [4.78, 5) is 15.0. The van der Waals surface area contributed by atoms with E-state index in [1.165, 1.54) is 0 Å². The molecule has 0 spiro atoms. The molecule has 0 atom stereocenters. The standard InChI is InChI=1S/C27H28ClN5O2/c28-24-6-1-2-7-25(24)31-23-8-9-26-22(17-23)18-30-33(26)19-20-4-3-5-21(16-20)27(34)29-10-11-32-12-14-35-15-13-32/h1-9,16-18,31H,10-15,19H2,(H,29,34). The first-order chi connectivity index (χ1) is 17.2. The van der Waals surface area contributed by atoms with Crippen LogP contribution in [0.2, 0.25) is 5.02 Å². The SMILES string of the molecule is O=C(NCCN1CCOCC1)c1cccc(Cn2ncc3cc(Nc4ccccc4Cl)ccc32)c1. The highest BCUT2D eigenvalue weighted by Crippen LogP contribution is 2.27. The number of hydrogen-bond donors (Lipinski definition) is 2. The summed E-state index contributed by atoms with van der Waals surface area (Å²) < 4.78 is 7.32. The van der Waals surface area contributed by atoms with Crippen LogP contribution in [0.1, 0.15) is 15.9 Å².